The average molecular weight is 604 g/mol. The van der Waals surface area contributed by atoms with Gasteiger partial charge in [0.25, 0.3) is 15.9 Å². The standard InChI is InChI=1S/C32H33N3O7S/c1-4-41-27-16-12-26(13-17-27)35(43(37,38)29-18-19-30(39-2)31(20-29)40-3)22-32(36)34-33-21-24-10-14-28(15-11-24)42-23-25-8-6-5-7-9-25/h5-21H,4,22-23H2,1-3H3,(H,34,36)/b33-21-. The van der Waals surface area contributed by atoms with Crippen molar-refractivity contribution >= 4 is 27.8 Å². The zero-order chi connectivity index (χ0) is 30.7. The first-order valence-corrected chi connectivity index (χ1v) is 14.8. The van der Waals surface area contributed by atoms with Gasteiger partial charge in [0.15, 0.2) is 11.5 Å². The van der Waals surface area contributed by atoms with Crippen LogP contribution in [0.4, 0.5) is 5.69 Å². The highest BCUT2D eigenvalue weighted by molar-refractivity contribution is 7.92. The third-order valence-corrected chi connectivity index (χ3v) is 7.97. The highest BCUT2D eigenvalue weighted by Gasteiger charge is 2.28. The van der Waals surface area contributed by atoms with Crippen LogP contribution in [0.15, 0.2) is 107 Å². The molecule has 11 heteroatoms. The van der Waals surface area contributed by atoms with Crippen molar-refractivity contribution in [2.24, 2.45) is 5.10 Å². The van der Waals surface area contributed by atoms with Crippen molar-refractivity contribution in [2.75, 3.05) is 31.7 Å². The van der Waals surface area contributed by atoms with E-state index in [4.69, 9.17) is 18.9 Å². The number of carbonyl (C=O) groups excluding carboxylic acids is 1. The minimum atomic E-state index is -4.21. The monoisotopic (exact) mass is 603 g/mol. The van der Waals surface area contributed by atoms with Gasteiger partial charge in [0.05, 0.1) is 37.6 Å². The molecule has 43 heavy (non-hydrogen) atoms. The maximum Gasteiger partial charge on any atom is 0.264 e. The second kappa shape index (κ2) is 14.7. The van der Waals surface area contributed by atoms with E-state index < -0.39 is 22.5 Å². The topological polar surface area (TPSA) is 116 Å². The molecule has 1 N–H and O–H groups in total. The Morgan fingerprint density at radius 3 is 2.14 bits per heavy atom. The van der Waals surface area contributed by atoms with Gasteiger partial charge in [-0.05, 0) is 78.7 Å². The lowest BCUT2D eigenvalue weighted by Crippen LogP contribution is -2.39. The van der Waals surface area contributed by atoms with E-state index >= 15 is 0 Å². The van der Waals surface area contributed by atoms with Crippen molar-refractivity contribution in [1.82, 2.24) is 5.43 Å². The van der Waals surface area contributed by atoms with Crippen LogP contribution in [0, 0.1) is 0 Å². The molecule has 0 heterocycles. The number of hydrazone groups is 1. The van der Waals surface area contributed by atoms with Crippen LogP contribution in [0.3, 0.4) is 0 Å². The zero-order valence-electron chi connectivity index (χ0n) is 24.1. The van der Waals surface area contributed by atoms with Gasteiger partial charge < -0.3 is 18.9 Å². The second-order valence-corrected chi connectivity index (χ2v) is 11.0. The molecule has 0 aliphatic heterocycles. The number of nitrogens with zero attached hydrogens (tertiary/aromatic N) is 2. The molecule has 10 nitrogen and oxygen atoms in total. The van der Waals surface area contributed by atoms with Gasteiger partial charge in [-0.1, -0.05) is 30.3 Å². The number of rotatable bonds is 14. The number of benzene rings is 4. The molecule has 0 aliphatic carbocycles. The maximum atomic E-state index is 13.8. The Balaban J connectivity index is 1.47. The Hall–Kier alpha value is -5.03. The number of sulfonamides is 1. The van der Waals surface area contributed by atoms with E-state index in [1.807, 2.05) is 37.3 Å². The number of anilines is 1. The third-order valence-electron chi connectivity index (χ3n) is 6.20. The van der Waals surface area contributed by atoms with Crippen LogP contribution in [0.1, 0.15) is 18.1 Å². The Labute approximate surface area is 251 Å². The van der Waals surface area contributed by atoms with Crippen LogP contribution in [-0.2, 0) is 21.4 Å². The number of ether oxygens (including phenoxy) is 4. The first-order valence-electron chi connectivity index (χ1n) is 13.4. The highest BCUT2D eigenvalue weighted by Crippen LogP contribution is 2.32. The minimum Gasteiger partial charge on any atom is -0.494 e. The highest BCUT2D eigenvalue weighted by atomic mass is 32.2. The smallest absolute Gasteiger partial charge is 0.264 e. The molecule has 0 saturated heterocycles. The van der Waals surface area contributed by atoms with Crippen LogP contribution < -0.4 is 28.7 Å². The van der Waals surface area contributed by atoms with E-state index in [0.717, 1.165) is 9.87 Å². The molecule has 4 aromatic carbocycles. The van der Waals surface area contributed by atoms with Gasteiger partial charge in [-0.25, -0.2) is 13.8 Å². The van der Waals surface area contributed by atoms with Crippen molar-refractivity contribution in [2.45, 2.75) is 18.4 Å². The van der Waals surface area contributed by atoms with E-state index in [-0.39, 0.29) is 16.3 Å². The van der Waals surface area contributed by atoms with E-state index in [1.54, 1.807) is 48.5 Å². The van der Waals surface area contributed by atoms with Crippen molar-refractivity contribution in [3.05, 3.63) is 108 Å². The van der Waals surface area contributed by atoms with Gasteiger partial charge in [0.2, 0.25) is 0 Å². The Morgan fingerprint density at radius 2 is 1.49 bits per heavy atom. The molecule has 0 aromatic heterocycles. The molecule has 4 aromatic rings. The molecule has 1 amide bonds. The molecule has 0 aliphatic rings. The summed E-state index contributed by atoms with van der Waals surface area (Å²) in [6.07, 6.45) is 1.46. The van der Waals surface area contributed by atoms with Crippen molar-refractivity contribution in [3.8, 4) is 23.0 Å². The lowest BCUT2D eigenvalue weighted by atomic mass is 10.2. The zero-order valence-corrected chi connectivity index (χ0v) is 24.9. The second-order valence-electron chi connectivity index (χ2n) is 9.09. The van der Waals surface area contributed by atoms with Crippen LogP contribution in [0.25, 0.3) is 0 Å². The van der Waals surface area contributed by atoms with Crippen LogP contribution in [0.2, 0.25) is 0 Å². The van der Waals surface area contributed by atoms with E-state index in [1.165, 1.54) is 38.6 Å². The summed E-state index contributed by atoms with van der Waals surface area (Å²) in [6.45, 7) is 2.22. The molecule has 4 rings (SSSR count). The number of nitrogens with one attached hydrogen (secondary N) is 1. The number of amides is 1. The molecule has 0 radical (unpaired) electrons. The van der Waals surface area contributed by atoms with Crippen molar-refractivity contribution < 1.29 is 32.2 Å². The summed E-state index contributed by atoms with van der Waals surface area (Å²) in [6, 6.07) is 27.7. The summed E-state index contributed by atoms with van der Waals surface area (Å²) in [4.78, 5) is 12.9. The average Bonchev–Trinajstić information content (AvgIpc) is 3.04. The number of carbonyl (C=O) groups is 1. The minimum absolute atomic E-state index is 0.0788. The van der Waals surface area contributed by atoms with Crippen LogP contribution >= 0.6 is 0 Å². The van der Waals surface area contributed by atoms with Crippen molar-refractivity contribution in [1.29, 1.82) is 0 Å². The van der Waals surface area contributed by atoms with E-state index in [2.05, 4.69) is 10.5 Å². The maximum absolute atomic E-state index is 13.8. The van der Waals surface area contributed by atoms with Gasteiger partial charge in [0, 0.05) is 6.07 Å². The Bertz CT molecular complexity index is 1630. The summed E-state index contributed by atoms with van der Waals surface area (Å²) >= 11 is 0. The van der Waals surface area contributed by atoms with Gasteiger partial charge in [-0.15, -0.1) is 0 Å². The van der Waals surface area contributed by atoms with Crippen molar-refractivity contribution in [3.63, 3.8) is 0 Å². The summed E-state index contributed by atoms with van der Waals surface area (Å²) in [5.41, 5.74) is 4.45. The summed E-state index contributed by atoms with van der Waals surface area (Å²) in [5.74, 6) is 1.23. The number of hydrogen-bond acceptors (Lipinski definition) is 8. The predicted molar refractivity (Wildman–Crippen MR) is 165 cm³/mol. The van der Waals surface area contributed by atoms with Gasteiger partial charge >= 0.3 is 0 Å². The fraction of sp³-hybridized carbons (Fsp3) is 0.188. The molecule has 0 unspecified atom stereocenters. The SMILES string of the molecule is CCOc1ccc(N(CC(=O)N/N=C\c2ccc(OCc3ccccc3)cc2)S(=O)(=O)c2ccc(OC)c(OC)c2)cc1. The molecular weight excluding hydrogens is 570 g/mol. The third kappa shape index (κ3) is 8.26. The van der Waals surface area contributed by atoms with Gasteiger partial charge in [-0.2, -0.15) is 5.10 Å². The van der Waals surface area contributed by atoms with Crippen LogP contribution in [-0.4, -0.2) is 47.9 Å². The molecule has 0 fully saturated rings. The summed E-state index contributed by atoms with van der Waals surface area (Å²) < 4.78 is 50.4. The van der Waals surface area contributed by atoms with E-state index in [0.29, 0.717) is 36.0 Å². The lowest BCUT2D eigenvalue weighted by molar-refractivity contribution is -0.119. The normalized spacial score (nSPS) is 11.1. The molecule has 0 atom stereocenters. The molecule has 0 saturated carbocycles. The lowest BCUT2D eigenvalue weighted by Gasteiger charge is -2.24. The Kier molecular flexibility index (Phi) is 10.6. The fourth-order valence-corrected chi connectivity index (χ4v) is 5.47. The summed E-state index contributed by atoms with van der Waals surface area (Å²) in [7, 11) is -1.34. The first kappa shape index (κ1) is 30.9. The van der Waals surface area contributed by atoms with Gasteiger partial charge in [0.1, 0.15) is 24.7 Å². The number of hydrogen-bond donors (Lipinski definition) is 1. The van der Waals surface area contributed by atoms with Gasteiger partial charge in [-0.3, -0.25) is 9.10 Å². The van der Waals surface area contributed by atoms with Crippen LogP contribution in [0.5, 0.6) is 23.0 Å². The largest absolute Gasteiger partial charge is 0.494 e. The Morgan fingerprint density at radius 1 is 0.837 bits per heavy atom. The first-order chi connectivity index (χ1) is 20.8. The fourth-order valence-electron chi connectivity index (χ4n) is 4.03. The molecule has 0 spiro atoms. The van der Waals surface area contributed by atoms with E-state index in [9.17, 15) is 13.2 Å². The quantitative estimate of drug-likeness (QED) is 0.159. The molecule has 224 valence electrons. The number of methoxy groups -OCH3 is 2. The summed E-state index contributed by atoms with van der Waals surface area (Å²) in [5, 5.41) is 4.01. The molecule has 0 bridgehead atoms. The predicted octanol–water partition coefficient (Wildman–Crippen LogP) is 5.03. The molecular formula is C32H33N3O7S.